The van der Waals surface area contributed by atoms with Crippen molar-refractivity contribution in [3.8, 4) is 0 Å². The number of rotatable bonds is 2. The third kappa shape index (κ3) is 3.07. The average Bonchev–Trinajstić information content (AvgIpc) is 3.02. The second kappa shape index (κ2) is 6.34. The summed E-state index contributed by atoms with van der Waals surface area (Å²) >= 11 is 6.25. The standard InChI is InChI=1S/C16H21ClN2O2/c1-11-10-21-15(13-4-2-3-5-14(13)17)9-19(11)16(20)12-6-7-18-8-12/h2-5,11-12,15,18H,6-10H2,1H3/t11-,12-,15-/m1/s1. The summed E-state index contributed by atoms with van der Waals surface area (Å²) in [5, 5.41) is 3.96. The van der Waals surface area contributed by atoms with Crippen LogP contribution in [0.25, 0.3) is 0 Å². The molecular formula is C16H21ClN2O2. The molecular weight excluding hydrogens is 288 g/mol. The van der Waals surface area contributed by atoms with Gasteiger partial charge in [0.1, 0.15) is 6.10 Å². The van der Waals surface area contributed by atoms with E-state index in [2.05, 4.69) is 5.32 Å². The van der Waals surface area contributed by atoms with E-state index in [9.17, 15) is 4.79 Å². The minimum Gasteiger partial charge on any atom is -0.369 e. The summed E-state index contributed by atoms with van der Waals surface area (Å²) < 4.78 is 5.91. The molecule has 0 bridgehead atoms. The number of benzene rings is 1. The number of amides is 1. The van der Waals surface area contributed by atoms with Gasteiger partial charge in [-0.25, -0.2) is 0 Å². The first-order valence-electron chi connectivity index (χ1n) is 7.54. The summed E-state index contributed by atoms with van der Waals surface area (Å²) in [4.78, 5) is 14.6. The highest BCUT2D eigenvalue weighted by Crippen LogP contribution is 2.31. The van der Waals surface area contributed by atoms with E-state index in [1.165, 1.54) is 0 Å². The number of nitrogens with zero attached hydrogens (tertiary/aromatic N) is 1. The van der Waals surface area contributed by atoms with Crippen molar-refractivity contribution in [2.75, 3.05) is 26.2 Å². The molecule has 2 saturated heterocycles. The van der Waals surface area contributed by atoms with Crippen LogP contribution in [0.2, 0.25) is 5.02 Å². The van der Waals surface area contributed by atoms with Crippen molar-refractivity contribution in [3.63, 3.8) is 0 Å². The molecule has 3 rings (SSSR count). The van der Waals surface area contributed by atoms with Crippen LogP contribution in [-0.2, 0) is 9.53 Å². The van der Waals surface area contributed by atoms with Gasteiger partial charge in [-0.15, -0.1) is 0 Å². The molecule has 0 aliphatic carbocycles. The Hall–Kier alpha value is -1.10. The molecule has 2 fully saturated rings. The maximum atomic E-state index is 12.7. The lowest BCUT2D eigenvalue weighted by molar-refractivity contribution is -0.148. The van der Waals surface area contributed by atoms with E-state index in [4.69, 9.17) is 16.3 Å². The first kappa shape index (κ1) is 14.8. The Balaban J connectivity index is 1.75. The lowest BCUT2D eigenvalue weighted by atomic mass is 10.0. The molecule has 114 valence electrons. The topological polar surface area (TPSA) is 41.6 Å². The summed E-state index contributed by atoms with van der Waals surface area (Å²) in [5.41, 5.74) is 0.966. The molecule has 2 aliphatic rings. The van der Waals surface area contributed by atoms with Gasteiger partial charge in [0.05, 0.1) is 25.1 Å². The van der Waals surface area contributed by atoms with Crippen LogP contribution < -0.4 is 5.32 Å². The summed E-state index contributed by atoms with van der Waals surface area (Å²) in [6, 6.07) is 7.82. The monoisotopic (exact) mass is 308 g/mol. The number of halogens is 1. The van der Waals surface area contributed by atoms with Gasteiger partial charge in [0.25, 0.3) is 0 Å². The molecule has 21 heavy (non-hydrogen) atoms. The fourth-order valence-electron chi connectivity index (χ4n) is 3.09. The minimum atomic E-state index is -0.131. The number of carbonyl (C=O) groups excluding carboxylic acids is 1. The fourth-order valence-corrected chi connectivity index (χ4v) is 3.35. The number of nitrogens with one attached hydrogen (secondary N) is 1. The van der Waals surface area contributed by atoms with Crippen LogP contribution in [0.15, 0.2) is 24.3 Å². The highest BCUT2D eigenvalue weighted by molar-refractivity contribution is 6.31. The molecule has 1 amide bonds. The Bertz CT molecular complexity index is 517. The summed E-state index contributed by atoms with van der Waals surface area (Å²) in [5.74, 6) is 0.352. The molecule has 0 radical (unpaired) electrons. The summed E-state index contributed by atoms with van der Waals surface area (Å²) in [6.07, 6.45) is 0.799. The molecule has 0 unspecified atom stereocenters. The lowest BCUT2D eigenvalue weighted by Crippen LogP contribution is -2.50. The van der Waals surface area contributed by atoms with Crippen LogP contribution in [0.3, 0.4) is 0 Å². The van der Waals surface area contributed by atoms with Gasteiger partial charge in [-0.2, -0.15) is 0 Å². The van der Waals surface area contributed by atoms with Crippen molar-refractivity contribution in [2.24, 2.45) is 5.92 Å². The zero-order chi connectivity index (χ0) is 14.8. The molecule has 4 nitrogen and oxygen atoms in total. The second-order valence-corrected chi connectivity index (χ2v) is 6.28. The molecule has 1 aromatic carbocycles. The maximum Gasteiger partial charge on any atom is 0.227 e. The predicted octanol–water partition coefficient (Wildman–Crippen LogP) is 2.24. The van der Waals surface area contributed by atoms with Crippen LogP contribution >= 0.6 is 11.6 Å². The van der Waals surface area contributed by atoms with Gasteiger partial charge in [-0.05, 0) is 26.0 Å². The number of carbonyl (C=O) groups is 1. The number of hydrogen-bond acceptors (Lipinski definition) is 3. The normalized spacial score (nSPS) is 29.6. The van der Waals surface area contributed by atoms with Gasteiger partial charge in [0.15, 0.2) is 0 Å². The van der Waals surface area contributed by atoms with Crippen molar-refractivity contribution < 1.29 is 9.53 Å². The average molecular weight is 309 g/mol. The van der Waals surface area contributed by atoms with Crippen molar-refractivity contribution in [1.29, 1.82) is 0 Å². The van der Waals surface area contributed by atoms with Crippen LogP contribution in [0.4, 0.5) is 0 Å². The molecule has 5 heteroatoms. The van der Waals surface area contributed by atoms with Gasteiger partial charge < -0.3 is 15.0 Å². The summed E-state index contributed by atoms with van der Waals surface area (Å²) in [6.45, 7) is 4.91. The number of ether oxygens (including phenoxy) is 1. The van der Waals surface area contributed by atoms with Crippen molar-refractivity contribution in [1.82, 2.24) is 10.2 Å². The molecule has 1 aromatic rings. The van der Waals surface area contributed by atoms with Gasteiger partial charge in [-0.3, -0.25) is 4.79 Å². The highest BCUT2D eigenvalue weighted by Gasteiger charge is 2.35. The van der Waals surface area contributed by atoms with Crippen LogP contribution in [0.1, 0.15) is 25.0 Å². The van der Waals surface area contributed by atoms with Crippen molar-refractivity contribution in [3.05, 3.63) is 34.9 Å². The second-order valence-electron chi connectivity index (χ2n) is 5.87. The Labute approximate surface area is 130 Å². The maximum absolute atomic E-state index is 12.7. The third-order valence-electron chi connectivity index (χ3n) is 4.38. The Morgan fingerprint density at radius 3 is 2.95 bits per heavy atom. The van der Waals surface area contributed by atoms with E-state index in [0.29, 0.717) is 18.2 Å². The number of hydrogen-bond donors (Lipinski definition) is 1. The largest absolute Gasteiger partial charge is 0.369 e. The van der Waals surface area contributed by atoms with Crippen LogP contribution in [-0.4, -0.2) is 43.1 Å². The van der Waals surface area contributed by atoms with E-state index in [0.717, 1.165) is 25.1 Å². The van der Waals surface area contributed by atoms with E-state index < -0.39 is 0 Å². The Morgan fingerprint density at radius 1 is 1.43 bits per heavy atom. The molecule has 0 spiro atoms. The van der Waals surface area contributed by atoms with E-state index in [-0.39, 0.29) is 24.0 Å². The molecule has 1 N–H and O–H groups in total. The summed E-state index contributed by atoms with van der Waals surface area (Å²) in [7, 11) is 0. The van der Waals surface area contributed by atoms with E-state index in [1.54, 1.807) is 0 Å². The molecule has 0 saturated carbocycles. The lowest BCUT2D eigenvalue weighted by Gasteiger charge is -2.39. The zero-order valence-corrected chi connectivity index (χ0v) is 13.0. The first-order chi connectivity index (χ1) is 10.2. The fraction of sp³-hybridized carbons (Fsp3) is 0.562. The highest BCUT2D eigenvalue weighted by atomic mass is 35.5. The van der Waals surface area contributed by atoms with E-state index in [1.807, 2.05) is 36.1 Å². The quantitative estimate of drug-likeness (QED) is 0.911. The first-order valence-corrected chi connectivity index (χ1v) is 7.92. The molecule has 3 atom stereocenters. The molecule has 2 heterocycles. The SMILES string of the molecule is C[C@@H]1CO[C@@H](c2ccccc2Cl)CN1C(=O)[C@@H]1CCNC1. The minimum absolute atomic E-state index is 0.109. The van der Waals surface area contributed by atoms with E-state index >= 15 is 0 Å². The molecule has 2 aliphatic heterocycles. The van der Waals surface area contributed by atoms with Crippen LogP contribution in [0, 0.1) is 5.92 Å². The van der Waals surface area contributed by atoms with Crippen LogP contribution in [0.5, 0.6) is 0 Å². The smallest absolute Gasteiger partial charge is 0.227 e. The zero-order valence-electron chi connectivity index (χ0n) is 12.2. The molecule has 0 aromatic heterocycles. The van der Waals surface area contributed by atoms with Crippen molar-refractivity contribution in [2.45, 2.75) is 25.5 Å². The number of morpholine rings is 1. The predicted molar refractivity (Wildman–Crippen MR) is 82.3 cm³/mol. The Morgan fingerprint density at radius 2 is 2.24 bits per heavy atom. The van der Waals surface area contributed by atoms with Gasteiger partial charge >= 0.3 is 0 Å². The van der Waals surface area contributed by atoms with Gasteiger partial charge in [-0.1, -0.05) is 29.8 Å². The van der Waals surface area contributed by atoms with Gasteiger partial charge in [0.2, 0.25) is 5.91 Å². The Kier molecular flexibility index (Phi) is 4.48. The third-order valence-corrected chi connectivity index (χ3v) is 4.72. The van der Waals surface area contributed by atoms with Gasteiger partial charge in [0, 0.05) is 17.1 Å². The van der Waals surface area contributed by atoms with Crippen molar-refractivity contribution >= 4 is 17.5 Å².